The van der Waals surface area contributed by atoms with Crippen molar-refractivity contribution in [1.29, 1.82) is 5.26 Å². The van der Waals surface area contributed by atoms with Crippen LogP contribution in [-0.2, 0) is 6.42 Å². The molecule has 1 N–H and O–H groups in total. The van der Waals surface area contributed by atoms with Gasteiger partial charge in [-0.3, -0.25) is 4.98 Å². The molecular formula is C18H20N4O. The summed E-state index contributed by atoms with van der Waals surface area (Å²) < 4.78 is 0. The van der Waals surface area contributed by atoms with E-state index in [0.29, 0.717) is 24.5 Å². The molecule has 23 heavy (non-hydrogen) atoms. The smallest absolute Gasteiger partial charge is 0.146 e. The molecule has 1 aliphatic rings. The molecule has 5 nitrogen and oxygen atoms in total. The minimum atomic E-state index is -0.418. The van der Waals surface area contributed by atoms with Gasteiger partial charge in [0.25, 0.3) is 0 Å². The van der Waals surface area contributed by atoms with E-state index in [-0.39, 0.29) is 5.92 Å². The fraction of sp³-hybridized carbons (Fsp3) is 0.389. The highest BCUT2D eigenvalue weighted by Crippen LogP contribution is 2.28. The van der Waals surface area contributed by atoms with Crippen molar-refractivity contribution in [3.05, 3.63) is 53.0 Å². The zero-order valence-corrected chi connectivity index (χ0v) is 13.4. The van der Waals surface area contributed by atoms with Gasteiger partial charge in [-0.05, 0) is 49.6 Å². The lowest BCUT2D eigenvalue weighted by molar-refractivity contribution is 0.148. The molecule has 0 radical (unpaired) electrons. The van der Waals surface area contributed by atoms with Gasteiger partial charge in [-0.1, -0.05) is 0 Å². The maximum atomic E-state index is 10.4. The predicted octanol–water partition coefficient (Wildman–Crippen LogP) is 2.00. The molecule has 0 unspecified atom stereocenters. The quantitative estimate of drug-likeness (QED) is 0.939. The van der Waals surface area contributed by atoms with Crippen LogP contribution in [0.15, 0.2) is 30.6 Å². The first kappa shape index (κ1) is 15.4. The van der Waals surface area contributed by atoms with Crippen LogP contribution in [0.2, 0.25) is 0 Å². The van der Waals surface area contributed by atoms with E-state index in [9.17, 15) is 10.4 Å². The molecule has 0 saturated carbocycles. The van der Waals surface area contributed by atoms with Crippen LogP contribution in [0.4, 0.5) is 5.82 Å². The van der Waals surface area contributed by atoms with Crippen molar-refractivity contribution in [2.24, 2.45) is 5.92 Å². The van der Waals surface area contributed by atoms with E-state index in [0.717, 1.165) is 17.7 Å². The van der Waals surface area contributed by atoms with Crippen molar-refractivity contribution >= 4 is 5.82 Å². The second kappa shape index (κ2) is 6.35. The fourth-order valence-corrected chi connectivity index (χ4v) is 3.07. The van der Waals surface area contributed by atoms with Gasteiger partial charge in [0.1, 0.15) is 11.9 Å². The number of hydrogen-bond acceptors (Lipinski definition) is 5. The van der Waals surface area contributed by atoms with Crippen LogP contribution in [0.3, 0.4) is 0 Å². The van der Waals surface area contributed by atoms with Crippen LogP contribution in [0.25, 0.3) is 0 Å². The van der Waals surface area contributed by atoms with Crippen LogP contribution in [0.1, 0.15) is 22.4 Å². The first-order valence-corrected chi connectivity index (χ1v) is 7.78. The molecule has 2 aromatic rings. The third kappa shape index (κ3) is 3.17. The molecule has 1 aliphatic heterocycles. The Balaban J connectivity index is 1.81. The lowest BCUT2D eigenvalue weighted by atomic mass is 9.97. The molecule has 1 fully saturated rings. The van der Waals surface area contributed by atoms with Crippen molar-refractivity contribution < 1.29 is 5.11 Å². The number of aryl methyl sites for hydroxylation is 2. The van der Waals surface area contributed by atoms with Gasteiger partial charge in [-0.2, -0.15) is 5.26 Å². The second-order valence-electron chi connectivity index (χ2n) is 6.17. The van der Waals surface area contributed by atoms with E-state index >= 15 is 0 Å². The summed E-state index contributed by atoms with van der Waals surface area (Å²) in [6.45, 7) is 5.12. The third-order valence-corrected chi connectivity index (χ3v) is 4.52. The van der Waals surface area contributed by atoms with Crippen LogP contribution >= 0.6 is 0 Å². The molecule has 0 aliphatic carbocycles. The minimum absolute atomic E-state index is 0.132. The Bertz CT molecular complexity index is 739. The summed E-state index contributed by atoms with van der Waals surface area (Å²) in [5, 5.41) is 19.8. The molecule has 0 bridgehead atoms. The normalized spacial score (nSPS) is 20.5. The largest absolute Gasteiger partial charge is 0.391 e. The number of rotatable bonds is 3. The highest BCUT2D eigenvalue weighted by Gasteiger charge is 2.33. The standard InChI is InChI=1S/C18H20N4O/c1-12-7-15(9-19)18(21-13(12)2)22-10-16(17(23)11-22)8-14-3-5-20-6-4-14/h3-7,16-17,23H,8,10-11H2,1-2H3/t16-,17-/m1/s1. The molecule has 2 atom stereocenters. The molecule has 118 valence electrons. The summed E-state index contributed by atoms with van der Waals surface area (Å²) in [7, 11) is 0. The highest BCUT2D eigenvalue weighted by molar-refractivity contribution is 5.56. The summed E-state index contributed by atoms with van der Waals surface area (Å²) in [4.78, 5) is 10.6. The number of nitrogens with zero attached hydrogens (tertiary/aromatic N) is 4. The molecule has 0 spiro atoms. The van der Waals surface area contributed by atoms with E-state index < -0.39 is 6.10 Å². The number of nitriles is 1. The zero-order chi connectivity index (χ0) is 16.4. The molecule has 3 rings (SSSR count). The average Bonchev–Trinajstić information content (AvgIpc) is 2.91. The molecule has 5 heteroatoms. The van der Waals surface area contributed by atoms with Crippen LogP contribution in [0, 0.1) is 31.1 Å². The summed E-state index contributed by atoms with van der Waals surface area (Å²) in [5.41, 5.74) is 3.67. The Morgan fingerprint density at radius 2 is 2.04 bits per heavy atom. The maximum Gasteiger partial charge on any atom is 0.146 e. The van der Waals surface area contributed by atoms with Crippen molar-refractivity contribution in [2.45, 2.75) is 26.4 Å². The van der Waals surface area contributed by atoms with E-state index in [2.05, 4.69) is 16.0 Å². The Morgan fingerprint density at radius 3 is 2.74 bits per heavy atom. The molecule has 2 aromatic heterocycles. The van der Waals surface area contributed by atoms with Gasteiger partial charge in [0.15, 0.2) is 0 Å². The van der Waals surface area contributed by atoms with E-state index in [1.165, 1.54) is 5.56 Å². The van der Waals surface area contributed by atoms with Crippen LogP contribution in [0.5, 0.6) is 0 Å². The first-order chi connectivity index (χ1) is 11.1. The first-order valence-electron chi connectivity index (χ1n) is 7.78. The Labute approximate surface area is 136 Å². The Morgan fingerprint density at radius 1 is 1.30 bits per heavy atom. The number of β-amino-alcohol motifs (C(OH)–C–C–N with tert-alkyl or cyclic N) is 1. The fourth-order valence-electron chi connectivity index (χ4n) is 3.07. The number of anilines is 1. The summed E-state index contributed by atoms with van der Waals surface area (Å²) in [6.07, 6.45) is 3.92. The molecule has 1 saturated heterocycles. The molecule has 3 heterocycles. The van der Waals surface area contributed by atoms with Crippen molar-refractivity contribution in [3.8, 4) is 6.07 Å². The lowest BCUT2D eigenvalue weighted by Gasteiger charge is -2.19. The summed E-state index contributed by atoms with van der Waals surface area (Å²) in [5.74, 6) is 0.819. The van der Waals surface area contributed by atoms with Crippen molar-refractivity contribution in [3.63, 3.8) is 0 Å². The highest BCUT2D eigenvalue weighted by atomic mass is 16.3. The van der Waals surface area contributed by atoms with Crippen LogP contribution in [-0.4, -0.2) is 34.3 Å². The van der Waals surface area contributed by atoms with Crippen molar-refractivity contribution in [2.75, 3.05) is 18.0 Å². The van der Waals surface area contributed by atoms with Gasteiger partial charge in [0, 0.05) is 37.1 Å². The van der Waals surface area contributed by atoms with E-state index in [1.807, 2.05) is 36.9 Å². The number of hydrogen-bond donors (Lipinski definition) is 1. The average molecular weight is 308 g/mol. The lowest BCUT2D eigenvalue weighted by Crippen LogP contribution is -2.23. The topological polar surface area (TPSA) is 73.0 Å². The second-order valence-corrected chi connectivity index (χ2v) is 6.17. The number of pyridine rings is 2. The third-order valence-electron chi connectivity index (χ3n) is 4.52. The van der Waals surface area contributed by atoms with Gasteiger partial charge < -0.3 is 10.0 Å². The SMILES string of the molecule is Cc1cc(C#N)c(N2C[C@@H](Cc3ccncc3)[C@H](O)C2)nc1C. The minimum Gasteiger partial charge on any atom is -0.391 e. The Kier molecular flexibility index (Phi) is 4.26. The van der Waals surface area contributed by atoms with Gasteiger partial charge in [0.2, 0.25) is 0 Å². The monoisotopic (exact) mass is 308 g/mol. The number of aliphatic hydroxyl groups excluding tert-OH is 1. The number of aromatic nitrogens is 2. The van der Waals surface area contributed by atoms with Crippen molar-refractivity contribution in [1.82, 2.24) is 9.97 Å². The van der Waals surface area contributed by atoms with Gasteiger partial charge in [-0.25, -0.2) is 4.98 Å². The molecule has 0 aromatic carbocycles. The maximum absolute atomic E-state index is 10.4. The summed E-state index contributed by atoms with van der Waals surface area (Å²) in [6, 6.07) is 8.05. The van der Waals surface area contributed by atoms with E-state index in [1.54, 1.807) is 12.4 Å². The number of aliphatic hydroxyl groups is 1. The predicted molar refractivity (Wildman–Crippen MR) is 88.1 cm³/mol. The van der Waals surface area contributed by atoms with Crippen LogP contribution < -0.4 is 4.90 Å². The Hall–Kier alpha value is -2.45. The molecular weight excluding hydrogens is 288 g/mol. The van der Waals surface area contributed by atoms with Gasteiger partial charge in [0.05, 0.1) is 11.7 Å². The van der Waals surface area contributed by atoms with Gasteiger partial charge >= 0.3 is 0 Å². The van der Waals surface area contributed by atoms with Gasteiger partial charge in [-0.15, -0.1) is 0 Å². The van der Waals surface area contributed by atoms with E-state index in [4.69, 9.17) is 0 Å². The summed E-state index contributed by atoms with van der Waals surface area (Å²) >= 11 is 0. The zero-order valence-electron chi connectivity index (χ0n) is 13.4. The molecule has 0 amide bonds.